The SMILES string of the molecule is CC(C)C(=O)N1CCN(c2c(Cl)cccc2NC(=O)c2cccc(Cl)c2Cl)CC1. The number of piperazine rings is 1. The molecule has 8 heteroatoms. The third-order valence-corrected chi connectivity index (χ3v) is 5.96. The summed E-state index contributed by atoms with van der Waals surface area (Å²) in [5, 5.41) is 3.95. The van der Waals surface area contributed by atoms with Gasteiger partial charge in [0.25, 0.3) is 5.91 Å². The Kier molecular flexibility index (Phi) is 6.93. The molecule has 0 aromatic heterocycles. The molecule has 0 spiro atoms. The highest BCUT2D eigenvalue weighted by Crippen LogP contribution is 2.35. The first-order chi connectivity index (χ1) is 13.8. The summed E-state index contributed by atoms with van der Waals surface area (Å²) in [4.78, 5) is 29.0. The summed E-state index contributed by atoms with van der Waals surface area (Å²) in [5.74, 6) is -0.248. The highest BCUT2D eigenvalue weighted by Gasteiger charge is 2.26. The molecule has 1 saturated heterocycles. The first-order valence-electron chi connectivity index (χ1n) is 9.37. The lowest BCUT2D eigenvalue weighted by Gasteiger charge is -2.38. The van der Waals surface area contributed by atoms with Crippen molar-refractivity contribution in [2.75, 3.05) is 36.4 Å². The van der Waals surface area contributed by atoms with Gasteiger partial charge in [-0.3, -0.25) is 9.59 Å². The summed E-state index contributed by atoms with van der Waals surface area (Å²) in [5.41, 5.74) is 1.61. The van der Waals surface area contributed by atoms with Crippen molar-refractivity contribution in [3.63, 3.8) is 0 Å². The number of hydrogen-bond acceptors (Lipinski definition) is 3. The van der Waals surface area contributed by atoms with Gasteiger partial charge in [0.15, 0.2) is 0 Å². The molecule has 154 valence electrons. The van der Waals surface area contributed by atoms with Gasteiger partial charge in [-0.15, -0.1) is 0 Å². The van der Waals surface area contributed by atoms with Crippen molar-refractivity contribution in [3.8, 4) is 0 Å². The average molecular weight is 455 g/mol. The van der Waals surface area contributed by atoms with Crippen LogP contribution >= 0.6 is 34.8 Å². The van der Waals surface area contributed by atoms with Gasteiger partial charge >= 0.3 is 0 Å². The summed E-state index contributed by atoms with van der Waals surface area (Å²) in [6, 6.07) is 10.3. The number of hydrogen-bond donors (Lipinski definition) is 1. The number of carbonyl (C=O) groups is 2. The first-order valence-corrected chi connectivity index (χ1v) is 10.5. The van der Waals surface area contributed by atoms with Crippen LogP contribution in [0.1, 0.15) is 24.2 Å². The molecule has 0 saturated carbocycles. The smallest absolute Gasteiger partial charge is 0.257 e. The molecule has 1 aliphatic rings. The van der Waals surface area contributed by atoms with E-state index < -0.39 is 0 Å². The van der Waals surface area contributed by atoms with Crippen LogP contribution in [-0.2, 0) is 4.79 Å². The van der Waals surface area contributed by atoms with E-state index >= 15 is 0 Å². The molecule has 3 rings (SSSR count). The fourth-order valence-electron chi connectivity index (χ4n) is 3.32. The fourth-order valence-corrected chi connectivity index (χ4v) is 4.00. The first kappa shape index (κ1) is 21.8. The van der Waals surface area contributed by atoms with Crippen LogP contribution in [0.4, 0.5) is 11.4 Å². The van der Waals surface area contributed by atoms with Crippen LogP contribution in [0.2, 0.25) is 15.1 Å². The van der Waals surface area contributed by atoms with E-state index in [1.165, 1.54) is 0 Å². The molecule has 0 bridgehead atoms. The minimum absolute atomic E-state index is 0.0286. The predicted octanol–water partition coefficient (Wildman–Crippen LogP) is 5.20. The van der Waals surface area contributed by atoms with Gasteiger partial charge in [-0.05, 0) is 24.3 Å². The van der Waals surface area contributed by atoms with Gasteiger partial charge in [-0.1, -0.05) is 60.8 Å². The quantitative estimate of drug-likeness (QED) is 0.690. The van der Waals surface area contributed by atoms with Gasteiger partial charge in [-0.2, -0.15) is 0 Å². The molecule has 0 atom stereocenters. The number of anilines is 2. The molecule has 2 amide bonds. The van der Waals surface area contributed by atoms with Crippen LogP contribution in [0, 0.1) is 5.92 Å². The Bertz CT molecular complexity index is 925. The van der Waals surface area contributed by atoms with Crippen molar-refractivity contribution in [1.29, 1.82) is 0 Å². The van der Waals surface area contributed by atoms with Crippen molar-refractivity contribution < 1.29 is 9.59 Å². The molecule has 2 aromatic carbocycles. The number of benzene rings is 2. The number of amides is 2. The van der Waals surface area contributed by atoms with Crippen LogP contribution in [0.5, 0.6) is 0 Å². The third-order valence-electron chi connectivity index (χ3n) is 4.83. The highest BCUT2D eigenvalue weighted by molar-refractivity contribution is 6.44. The summed E-state index contributed by atoms with van der Waals surface area (Å²) in [6.07, 6.45) is 0. The second kappa shape index (κ2) is 9.24. The van der Waals surface area contributed by atoms with Gasteiger partial charge in [0.2, 0.25) is 5.91 Å². The molecule has 2 aromatic rings. The van der Waals surface area contributed by atoms with Crippen LogP contribution in [-0.4, -0.2) is 42.9 Å². The molecule has 1 N–H and O–H groups in total. The molecule has 5 nitrogen and oxygen atoms in total. The Balaban J connectivity index is 1.81. The minimum atomic E-state index is -0.366. The van der Waals surface area contributed by atoms with E-state index in [1.807, 2.05) is 18.7 Å². The molecule has 1 heterocycles. The van der Waals surface area contributed by atoms with E-state index in [0.717, 1.165) is 5.69 Å². The van der Waals surface area contributed by atoms with E-state index in [0.29, 0.717) is 41.9 Å². The summed E-state index contributed by atoms with van der Waals surface area (Å²) < 4.78 is 0. The topological polar surface area (TPSA) is 52.7 Å². The van der Waals surface area contributed by atoms with E-state index in [1.54, 1.807) is 36.4 Å². The molecule has 0 unspecified atom stereocenters. The Morgan fingerprint density at radius 3 is 2.21 bits per heavy atom. The lowest BCUT2D eigenvalue weighted by molar-refractivity contribution is -0.134. The summed E-state index contributed by atoms with van der Waals surface area (Å²) in [6.45, 7) is 6.27. The van der Waals surface area contributed by atoms with Gasteiger partial charge in [-0.25, -0.2) is 0 Å². The Morgan fingerprint density at radius 2 is 1.55 bits per heavy atom. The van der Waals surface area contributed by atoms with Crippen molar-refractivity contribution in [2.24, 2.45) is 5.92 Å². The Morgan fingerprint density at radius 1 is 0.931 bits per heavy atom. The number of para-hydroxylation sites is 1. The number of rotatable bonds is 4. The standard InChI is InChI=1S/C21H22Cl3N3O2/c1-13(2)21(29)27-11-9-26(10-12-27)19-16(23)7-4-8-17(19)25-20(28)14-5-3-6-15(22)18(14)24/h3-8,13H,9-12H2,1-2H3,(H,25,28). The largest absolute Gasteiger partial charge is 0.365 e. The molecule has 0 radical (unpaired) electrons. The molecular weight excluding hydrogens is 433 g/mol. The monoisotopic (exact) mass is 453 g/mol. The van der Waals surface area contributed by atoms with Crippen LogP contribution in [0.3, 0.4) is 0 Å². The lowest BCUT2D eigenvalue weighted by Crippen LogP contribution is -2.50. The van der Waals surface area contributed by atoms with E-state index in [4.69, 9.17) is 34.8 Å². The van der Waals surface area contributed by atoms with Crippen LogP contribution < -0.4 is 10.2 Å². The van der Waals surface area contributed by atoms with Gasteiger partial charge in [0, 0.05) is 32.1 Å². The van der Waals surface area contributed by atoms with E-state index in [2.05, 4.69) is 10.2 Å². The van der Waals surface area contributed by atoms with E-state index in [9.17, 15) is 9.59 Å². The summed E-state index contributed by atoms with van der Waals surface area (Å²) in [7, 11) is 0. The number of carbonyl (C=O) groups excluding carboxylic acids is 2. The predicted molar refractivity (Wildman–Crippen MR) is 119 cm³/mol. The maximum Gasteiger partial charge on any atom is 0.257 e. The van der Waals surface area contributed by atoms with E-state index in [-0.39, 0.29) is 28.3 Å². The molecular formula is C21H22Cl3N3O2. The molecule has 0 aliphatic carbocycles. The van der Waals surface area contributed by atoms with Crippen LogP contribution in [0.15, 0.2) is 36.4 Å². The average Bonchev–Trinajstić information content (AvgIpc) is 2.69. The van der Waals surface area contributed by atoms with Crippen LogP contribution in [0.25, 0.3) is 0 Å². The zero-order chi connectivity index (χ0) is 21.1. The number of nitrogens with zero attached hydrogens (tertiary/aromatic N) is 2. The fraction of sp³-hybridized carbons (Fsp3) is 0.333. The minimum Gasteiger partial charge on any atom is -0.365 e. The summed E-state index contributed by atoms with van der Waals surface area (Å²) >= 11 is 18.7. The van der Waals surface area contributed by atoms with Crippen molar-refractivity contribution >= 4 is 58.0 Å². The Hall–Kier alpha value is -1.95. The normalized spacial score (nSPS) is 14.3. The second-order valence-electron chi connectivity index (χ2n) is 7.16. The third kappa shape index (κ3) is 4.80. The zero-order valence-corrected chi connectivity index (χ0v) is 18.5. The zero-order valence-electron chi connectivity index (χ0n) is 16.2. The molecule has 1 aliphatic heterocycles. The van der Waals surface area contributed by atoms with Crippen molar-refractivity contribution in [1.82, 2.24) is 4.90 Å². The second-order valence-corrected chi connectivity index (χ2v) is 8.35. The number of halogens is 3. The lowest BCUT2D eigenvalue weighted by atomic mass is 10.1. The van der Waals surface area contributed by atoms with Gasteiger partial charge in [0.1, 0.15) is 0 Å². The maximum atomic E-state index is 12.8. The molecule has 29 heavy (non-hydrogen) atoms. The number of nitrogens with one attached hydrogen (secondary N) is 1. The highest BCUT2D eigenvalue weighted by atomic mass is 35.5. The van der Waals surface area contributed by atoms with Crippen molar-refractivity contribution in [2.45, 2.75) is 13.8 Å². The van der Waals surface area contributed by atoms with Gasteiger partial charge in [0.05, 0.1) is 32.0 Å². The van der Waals surface area contributed by atoms with Gasteiger partial charge < -0.3 is 15.1 Å². The maximum absolute atomic E-state index is 12.8. The van der Waals surface area contributed by atoms with Crippen molar-refractivity contribution in [3.05, 3.63) is 57.0 Å². The molecule has 1 fully saturated rings. The Labute approximate surface area is 185 Å².